The molecule has 0 amide bonds. The van der Waals surface area contributed by atoms with Crippen LogP contribution < -0.4 is 5.73 Å². The van der Waals surface area contributed by atoms with Crippen LogP contribution in [0, 0.1) is 5.92 Å². The van der Waals surface area contributed by atoms with Crippen molar-refractivity contribution in [3.8, 4) is 0 Å². The van der Waals surface area contributed by atoms with E-state index in [-0.39, 0.29) is 6.04 Å². The summed E-state index contributed by atoms with van der Waals surface area (Å²) in [6.45, 7) is 0. The Balaban J connectivity index is 1.88. The molecule has 0 bridgehead atoms. The van der Waals surface area contributed by atoms with E-state index in [9.17, 15) is 0 Å². The Bertz CT molecular complexity index is 323. The highest BCUT2D eigenvalue weighted by Crippen LogP contribution is 2.22. The zero-order valence-electron chi connectivity index (χ0n) is 8.97. The molecule has 0 aromatic rings. The van der Waals surface area contributed by atoms with Gasteiger partial charge in [0.25, 0.3) is 0 Å². The van der Waals surface area contributed by atoms with E-state index in [1.807, 2.05) is 12.4 Å². The lowest BCUT2D eigenvalue weighted by Gasteiger charge is -2.21. The van der Waals surface area contributed by atoms with Crippen LogP contribution in [0.1, 0.15) is 25.7 Å². The summed E-state index contributed by atoms with van der Waals surface area (Å²) in [5.74, 6) is 0.608. The Hall–Kier alpha value is -1.15. The topological polar surface area (TPSA) is 38.4 Å². The summed E-state index contributed by atoms with van der Waals surface area (Å²) in [5, 5.41) is 0. The predicted octanol–water partition coefficient (Wildman–Crippen LogP) is 2.58. The molecule has 0 aromatic carbocycles. The van der Waals surface area contributed by atoms with Gasteiger partial charge in [-0.3, -0.25) is 4.99 Å². The van der Waals surface area contributed by atoms with Crippen molar-refractivity contribution in [2.45, 2.75) is 31.7 Å². The van der Waals surface area contributed by atoms with Crippen LogP contribution >= 0.6 is 0 Å². The first-order valence-electron chi connectivity index (χ1n) is 5.66. The van der Waals surface area contributed by atoms with Crippen molar-refractivity contribution < 1.29 is 0 Å². The lowest BCUT2D eigenvalue weighted by atomic mass is 9.89. The van der Waals surface area contributed by atoms with Crippen LogP contribution in [0.15, 0.2) is 41.1 Å². The average molecular weight is 202 g/mol. The molecule has 2 heteroatoms. The summed E-state index contributed by atoms with van der Waals surface area (Å²) < 4.78 is 0. The third kappa shape index (κ3) is 2.90. The van der Waals surface area contributed by atoms with E-state index < -0.39 is 0 Å². The second kappa shape index (κ2) is 5.08. The van der Waals surface area contributed by atoms with Gasteiger partial charge >= 0.3 is 0 Å². The molecule has 1 aliphatic carbocycles. The van der Waals surface area contributed by atoms with Gasteiger partial charge in [0.05, 0.1) is 0 Å². The Kier molecular flexibility index (Phi) is 3.51. The van der Waals surface area contributed by atoms with Crippen molar-refractivity contribution in [3.05, 3.63) is 36.1 Å². The van der Waals surface area contributed by atoms with Gasteiger partial charge in [0.2, 0.25) is 0 Å². The Morgan fingerprint density at radius 2 is 2.40 bits per heavy atom. The maximum atomic E-state index is 6.18. The molecule has 0 radical (unpaired) electrons. The second-order valence-corrected chi connectivity index (χ2v) is 4.23. The van der Waals surface area contributed by atoms with E-state index in [4.69, 9.17) is 5.73 Å². The van der Waals surface area contributed by atoms with Gasteiger partial charge in [-0.05, 0) is 37.2 Å². The molecule has 15 heavy (non-hydrogen) atoms. The van der Waals surface area contributed by atoms with Gasteiger partial charge < -0.3 is 5.73 Å². The summed E-state index contributed by atoms with van der Waals surface area (Å²) in [4.78, 5) is 4.17. The zero-order chi connectivity index (χ0) is 10.5. The molecule has 2 rings (SSSR count). The third-order valence-corrected chi connectivity index (χ3v) is 3.01. The molecule has 2 atom stereocenters. The van der Waals surface area contributed by atoms with E-state index in [1.54, 1.807) is 0 Å². The highest BCUT2D eigenvalue weighted by molar-refractivity contribution is 5.60. The molecule has 2 nitrogen and oxygen atoms in total. The van der Waals surface area contributed by atoms with Crippen LogP contribution in [0.3, 0.4) is 0 Å². The monoisotopic (exact) mass is 202 g/mol. The Morgan fingerprint density at radius 3 is 3.07 bits per heavy atom. The first kappa shape index (κ1) is 10.4. The van der Waals surface area contributed by atoms with E-state index in [0.29, 0.717) is 5.92 Å². The average Bonchev–Trinajstić information content (AvgIpc) is 2.31. The fourth-order valence-corrected chi connectivity index (χ4v) is 2.08. The maximum Gasteiger partial charge on any atom is 0.0277 e. The zero-order valence-corrected chi connectivity index (χ0v) is 8.97. The van der Waals surface area contributed by atoms with Gasteiger partial charge in [0, 0.05) is 18.5 Å². The molecule has 0 unspecified atom stereocenters. The molecular weight excluding hydrogens is 184 g/mol. The van der Waals surface area contributed by atoms with Crippen LogP contribution in [-0.2, 0) is 0 Å². The van der Waals surface area contributed by atoms with Gasteiger partial charge in [-0.1, -0.05) is 24.3 Å². The quantitative estimate of drug-likeness (QED) is 0.750. The molecule has 0 saturated carbocycles. The summed E-state index contributed by atoms with van der Waals surface area (Å²) in [5.41, 5.74) is 7.49. The number of rotatable bonds is 3. The highest BCUT2D eigenvalue weighted by Gasteiger charge is 2.15. The molecule has 80 valence electrons. The lowest BCUT2D eigenvalue weighted by Crippen LogP contribution is -2.26. The van der Waals surface area contributed by atoms with Crippen LogP contribution in [0.4, 0.5) is 0 Å². The van der Waals surface area contributed by atoms with Crippen molar-refractivity contribution in [1.29, 1.82) is 0 Å². The standard InChI is InChI=1S/C13H18N2/c14-13(12-7-4-8-15-10-12)9-11-5-2-1-3-6-11/h1-3,5,8,10-11,13H,4,6-7,9,14H2/t11-,13+/m0/s1. The normalized spacial score (nSPS) is 26.5. The van der Waals surface area contributed by atoms with Crippen LogP contribution in [0.2, 0.25) is 0 Å². The van der Waals surface area contributed by atoms with Crippen molar-refractivity contribution >= 4 is 6.21 Å². The number of hydrogen-bond donors (Lipinski definition) is 1. The van der Waals surface area contributed by atoms with Gasteiger partial charge in [-0.2, -0.15) is 0 Å². The number of aliphatic imine (C=N–C) groups is 1. The molecule has 1 aliphatic heterocycles. The van der Waals surface area contributed by atoms with Crippen molar-refractivity contribution in [2.75, 3.05) is 0 Å². The maximum absolute atomic E-state index is 6.18. The van der Waals surface area contributed by atoms with Gasteiger partial charge in [-0.25, -0.2) is 0 Å². The second-order valence-electron chi connectivity index (χ2n) is 4.23. The SMILES string of the molecule is N[C@H](C[C@H]1C=CC=CC1)C1=CN=CCC1. The smallest absolute Gasteiger partial charge is 0.0277 e. The Morgan fingerprint density at radius 1 is 1.47 bits per heavy atom. The van der Waals surface area contributed by atoms with Crippen LogP contribution in [-0.4, -0.2) is 12.3 Å². The molecule has 0 aromatic heterocycles. The molecule has 0 saturated heterocycles. The summed E-state index contributed by atoms with van der Waals surface area (Å²) in [6, 6.07) is 0.184. The van der Waals surface area contributed by atoms with Crippen molar-refractivity contribution in [1.82, 2.24) is 0 Å². The van der Waals surface area contributed by atoms with Crippen molar-refractivity contribution in [2.24, 2.45) is 16.6 Å². The van der Waals surface area contributed by atoms with E-state index in [2.05, 4.69) is 29.3 Å². The van der Waals surface area contributed by atoms with E-state index in [1.165, 1.54) is 5.57 Å². The minimum absolute atomic E-state index is 0.184. The molecule has 0 spiro atoms. The fourth-order valence-electron chi connectivity index (χ4n) is 2.08. The largest absolute Gasteiger partial charge is 0.324 e. The first-order chi connectivity index (χ1) is 7.36. The molecule has 0 fully saturated rings. The number of nitrogens with zero attached hydrogens (tertiary/aromatic N) is 1. The molecule has 2 N–H and O–H groups in total. The van der Waals surface area contributed by atoms with Crippen molar-refractivity contribution in [3.63, 3.8) is 0 Å². The van der Waals surface area contributed by atoms with E-state index >= 15 is 0 Å². The fraction of sp³-hybridized carbons (Fsp3) is 0.462. The van der Waals surface area contributed by atoms with Gasteiger partial charge in [0.1, 0.15) is 0 Å². The number of allylic oxidation sites excluding steroid dienone is 4. The summed E-state index contributed by atoms with van der Waals surface area (Å²) >= 11 is 0. The van der Waals surface area contributed by atoms with Gasteiger partial charge in [-0.15, -0.1) is 0 Å². The van der Waals surface area contributed by atoms with E-state index in [0.717, 1.165) is 25.7 Å². The predicted molar refractivity (Wildman–Crippen MR) is 64.8 cm³/mol. The highest BCUT2D eigenvalue weighted by atomic mass is 14.7. The number of hydrogen-bond acceptors (Lipinski definition) is 2. The number of nitrogens with two attached hydrogens (primary N) is 1. The molecular formula is C13H18N2. The van der Waals surface area contributed by atoms with Gasteiger partial charge in [0.15, 0.2) is 0 Å². The summed E-state index contributed by atoms with van der Waals surface area (Å²) in [6.07, 6.45) is 16.9. The Labute approximate surface area is 91.3 Å². The summed E-state index contributed by atoms with van der Waals surface area (Å²) in [7, 11) is 0. The first-order valence-corrected chi connectivity index (χ1v) is 5.66. The lowest BCUT2D eigenvalue weighted by molar-refractivity contribution is 0.531. The van der Waals surface area contributed by atoms with Crippen LogP contribution in [0.5, 0.6) is 0 Å². The minimum atomic E-state index is 0.184. The minimum Gasteiger partial charge on any atom is -0.324 e. The van der Waals surface area contributed by atoms with Crippen LogP contribution in [0.25, 0.3) is 0 Å². The molecule has 1 heterocycles. The third-order valence-electron chi connectivity index (χ3n) is 3.01. The molecule has 2 aliphatic rings.